The van der Waals surface area contributed by atoms with E-state index in [-0.39, 0.29) is 12.6 Å². The van der Waals surface area contributed by atoms with Gasteiger partial charge in [-0.3, -0.25) is 19.6 Å². The highest BCUT2D eigenvalue weighted by Crippen LogP contribution is 2.50. The number of alkyl halides is 6. The van der Waals surface area contributed by atoms with E-state index in [0.717, 1.165) is 28.8 Å². The van der Waals surface area contributed by atoms with Crippen molar-refractivity contribution >= 4 is 5.97 Å². The van der Waals surface area contributed by atoms with Crippen molar-refractivity contribution in [2.75, 3.05) is 39.5 Å². The van der Waals surface area contributed by atoms with E-state index < -0.39 is 29.6 Å². The zero-order valence-electron chi connectivity index (χ0n) is 24.9. The molecule has 1 saturated heterocycles. The van der Waals surface area contributed by atoms with Crippen LogP contribution in [0.3, 0.4) is 0 Å². The highest BCUT2D eigenvalue weighted by molar-refractivity contribution is 5.76. The molecule has 1 unspecified atom stereocenters. The summed E-state index contributed by atoms with van der Waals surface area (Å²) in [6.07, 6.45) is -8.47. The molecule has 1 N–H and O–H groups in total. The number of rotatable bonds is 11. The molecule has 244 valence electrons. The summed E-state index contributed by atoms with van der Waals surface area (Å²) in [5.74, 6) is -0.361. The van der Waals surface area contributed by atoms with Crippen LogP contribution in [0, 0.1) is 6.92 Å². The predicted octanol–water partition coefficient (Wildman–Crippen LogP) is 5.64. The Bertz CT molecular complexity index is 1400. The Labute approximate surface area is 257 Å². The molecule has 0 radical (unpaired) electrons. The SMILES string of the molecule is CCOCCOC(=O)C1CN(Cc2ccncc2)CCN1Cc1ccc(-c2ccc(C(O)(C(F)(F)F)C(F)(F)F)cc2)c(C)c1. The minimum Gasteiger partial charge on any atom is -0.462 e. The van der Waals surface area contributed by atoms with Gasteiger partial charge in [0, 0.05) is 57.3 Å². The molecule has 2 aromatic carbocycles. The second-order valence-electron chi connectivity index (χ2n) is 10.9. The third-order valence-electron chi connectivity index (χ3n) is 7.79. The van der Waals surface area contributed by atoms with E-state index >= 15 is 0 Å². The lowest BCUT2D eigenvalue weighted by Crippen LogP contribution is -2.56. The zero-order chi connectivity index (χ0) is 32.8. The Hall–Kier alpha value is -3.52. The van der Waals surface area contributed by atoms with Gasteiger partial charge in [-0.05, 0) is 53.8 Å². The number of hydrogen-bond acceptors (Lipinski definition) is 7. The molecule has 2 heterocycles. The number of carbonyl (C=O) groups is 1. The monoisotopic (exact) mass is 639 g/mol. The van der Waals surface area contributed by atoms with E-state index in [1.54, 1.807) is 31.5 Å². The molecular weight excluding hydrogens is 604 g/mol. The molecule has 1 aromatic heterocycles. The van der Waals surface area contributed by atoms with E-state index in [0.29, 0.717) is 69.2 Å². The van der Waals surface area contributed by atoms with Crippen molar-refractivity contribution in [3.63, 3.8) is 0 Å². The van der Waals surface area contributed by atoms with Crippen molar-refractivity contribution in [2.24, 2.45) is 0 Å². The van der Waals surface area contributed by atoms with Gasteiger partial charge in [0.05, 0.1) is 6.61 Å². The Morgan fingerprint density at radius 1 is 0.911 bits per heavy atom. The molecule has 0 spiro atoms. The average molecular weight is 640 g/mol. The van der Waals surface area contributed by atoms with Gasteiger partial charge in [-0.2, -0.15) is 26.3 Å². The third-order valence-corrected chi connectivity index (χ3v) is 7.79. The minimum atomic E-state index is -5.96. The Morgan fingerprint density at radius 2 is 1.58 bits per heavy atom. The van der Waals surface area contributed by atoms with Gasteiger partial charge in [0.15, 0.2) is 0 Å². The number of aromatic nitrogens is 1. The Morgan fingerprint density at radius 3 is 2.18 bits per heavy atom. The van der Waals surface area contributed by atoms with Crippen molar-refractivity contribution in [3.8, 4) is 11.1 Å². The van der Waals surface area contributed by atoms with Crippen LogP contribution in [-0.4, -0.2) is 83.7 Å². The van der Waals surface area contributed by atoms with Gasteiger partial charge in [-0.25, -0.2) is 0 Å². The molecule has 1 atom stereocenters. The number of esters is 1. The van der Waals surface area contributed by atoms with Crippen LogP contribution in [0.4, 0.5) is 26.3 Å². The van der Waals surface area contributed by atoms with Gasteiger partial charge < -0.3 is 14.6 Å². The summed E-state index contributed by atoms with van der Waals surface area (Å²) >= 11 is 0. The third kappa shape index (κ3) is 8.01. The van der Waals surface area contributed by atoms with Crippen LogP contribution in [-0.2, 0) is 33.0 Å². The first-order valence-corrected chi connectivity index (χ1v) is 14.4. The first-order chi connectivity index (χ1) is 21.2. The largest absolute Gasteiger partial charge is 0.462 e. The molecule has 0 saturated carbocycles. The molecule has 4 rings (SSSR count). The van der Waals surface area contributed by atoms with Crippen LogP contribution in [0.15, 0.2) is 67.0 Å². The molecule has 1 aliphatic heterocycles. The van der Waals surface area contributed by atoms with Crippen molar-refractivity contribution < 1.29 is 45.7 Å². The fraction of sp³-hybridized carbons (Fsp3) is 0.438. The summed E-state index contributed by atoms with van der Waals surface area (Å²) < 4.78 is 90.5. The molecule has 13 heteroatoms. The standard InChI is InChI=1S/C32H35F6N3O4/c1-3-44-16-17-45-29(42)28-21-40(19-23-10-12-39-13-11-23)14-15-41(28)20-24-4-9-27(22(2)18-24)25-5-7-26(8-6-25)30(43,31(33,34)35)32(36,37)38/h4-13,18,28,43H,3,14-17,19-21H2,1-2H3. The average Bonchev–Trinajstić information content (AvgIpc) is 2.99. The topological polar surface area (TPSA) is 75.1 Å². The van der Waals surface area contributed by atoms with Gasteiger partial charge in [-0.1, -0.05) is 42.5 Å². The van der Waals surface area contributed by atoms with Crippen molar-refractivity contribution in [1.82, 2.24) is 14.8 Å². The van der Waals surface area contributed by atoms with Gasteiger partial charge in [0.25, 0.3) is 5.60 Å². The summed E-state index contributed by atoms with van der Waals surface area (Å²) in [6.45, 7) is 7.37. The molecular formula is C32H35F6N3O4. The molecule has 0 aliphatic carbocycles. The molecule has 45 heavy (non-hydrogen) atoms. The Kier molecular flexibility index (Phi) is 10.9. The number of hydrogen-bond donors (Lipinski definition) is 1. The van der Waals surface area contributed by atoms with Crippen LogP contribution in [0.5, 0.6) is 0 Å². The molecule has 3 aromatic rings. The smallest absolute Gasteiger partial charge is 0.430 e. The number of aliphatic hydroxyl groups is 1. The normalized spacial score (nSPS) is 17.0. The van der Waals surface area contributed by atoms with E-state index in [2.05, 4.69) is 9.88 Å². The van der Waals surface area contributed by atoms with Gasteiger partial charge in [0.1, 0.15) is 12.6 Å². The van der Waals surface area contributed by atoms with Crippen molar-refractivity contribution in [1.29, 1.82) is 0 Å². The molecule has 1 fully saturated rings. The number of pyridine rings is 1. The second-order valence-corrected chi connectivity index (χ2v) is 10.9. The summed E-state index contributed by atoms with van der Waals surface area (Å²) in [7, 11) is 0. The number of ether oxygens (including phenoxy) is 2. The fourth-order valence-electron chi connectivity index (χ4n) is 5.38. The lowest BCUT2D eigenvalue weighted by atomic mass is 9.90. The summed E-state index contributed by atoms with van der Waals surface area (Å²) in [4.78, 5) is 21.4. The second kappa shape index (κ2) is 14.3. The molecule has 0 amide bonds. The van der Waals surface area contributed by atoms with Crippen LogP contribution < -0.4 is 0 Å². The van der Waals surface area contributed by atoms with E-state index in [4.69, 9.17) is 9.47 Å². The lowest BCUT2D eigenvalue weighted by molar-refractivity contribution is -0.376. The summed E-state index contributed by atoms with van der Waals surface area (Å²) in [5, 5.41) is 9.69. The maximum Gasteiger partial charge on any atom is 0.430 e. The Balaban J connectivity index is 1.50. The van der Waals surface area contributed by atoms with Crippen LogP contribution in [0.2, 0.25) is 0 Å². The number of benzene rings is 2. The highest BCUT2D eigenvalue weighted by Gasteiger charge is 2.71. The van der Waals surface area contributed by atoms with Crippen LogP contribution >= 0.6 is 0 Å². The molecule has 1 aliphatic rings. The van der Waals surface area contributed by atoms with Crippen molar-refractivity contribution in [3.05, 3.63) is 89.2 Å². The number of piperazine rings is 1. The van der Waals surface area contributed by atoms with Gasteiger partial charge in [-0.15, -0.1) is 0 Å². The van der Waals surface area contributed by atoms with Crippen LogP contribution in [0.25, 0.3) is 11.1 Å². The number of aryl methyl sites for hydroxylation is 1. The molecule has 7 nitrogen and oxygen atoms in total. The highest BCUT2D eigenvalue weighted by atomic mass is 19.4. The molecule has 0 bridgehead atoms. The quantitative estimate of drug-likeness (QED) is 0.166. The maximum atomic E-state index is 13.3. The van der Waals surface area contributed by atoms with Gasteiger partial charge >= 0.3 is 18.3 Å². The minimum absolute atomic E-state index is 0.136. The number of carbonyl (C=O) groups excluding carboxylic acids is 1. The summed E-state index contributed by atoms with van der Waals surface area (Å²) in [5.41, 5.74) is -2.65. The number of halogens is 6. The van der Waals surface area contributed by atoms with Crippen molar-refractivity contribution in [2.45, 2.75) is 50.9 Å². The fourth-order valence-corrected chi connectivity index (χ4v) is 5.38. The summed E-state index contributed by atoms with van der Waals surface area (Å²) in [6, 6.07) is 12.2. The maximum absolute atomic E-state index is 13.3. The number of nitrogens with zero attached hydrogens (tertiary/aromatic N) is 3. The predicted molar refractivity (Wildman–Crippen MR) is 154 cm³/mol. The van der Waals surface area contributed by atoms with Gasteiger partial charge in [0.2, 0.25) is 0 Å². The lowest BCUT2D eigenvalue weighted by Gasteiger charge is -2.40. The first kappa shape index (κ1) is 34.4. The van der Waals surface area contributed by atoms with Crippen LogP contribution in [0.1, 0.15) is 29.2 Å². The first-order valence-electron chi connectivity index (χ1n) is 14.4. The van der Waals surface area contributed by atoms with E-state index in [1.807, 2.05) is 30.0 Å². The van der Waals surface area contributed by atoms with E-state index in [1.165, 1.54) is 0 Å². The zero-order valence-corrected chi connectivity index (χ0v) is 24.9. The van der Waals surface area contributed by atoms with E-state index in [9.17, 15) is 36.2 Å².